The molecule has 1 fully saturated rings. The summed E-state index contributed by atoms with van der Waals surface area (Å²) in [7, 11) is 0. The number of benzene rings is 1. The first-order valence-corrected chi connectivity index (χ1v) is 10.5. The van der Waals surface area contributed by atoms with Crippen LogP contribution in [0.1, 0.15) is 19.3 Å². The summed E-state index contributed by atoms with van der Waals surface area (Å²) in [5, 5.41) is 10.8. The van der Waals surface area contributed by atoms with Crippen molar-refractivity contribution >= 4 is 49.3 Å². The van der Waals surface area contributed by atoms with Crippen molar-refractivity contribution in [1.82, 2.24) is 9.97 Å². The molecule has 0 bridgehead atoms. The Morgan fingerprint density at radius 3 is 2.93 bits per heavy atom. The summed E-state index contributed by atoms with van der Waals surface area (Å²) < 4.78 is 29.4. The van der Waals surface area contributed by atoms with Gasteiger partial charge < -0.3 is 10.0 Å². The highest BCUT2D eigenvalue weighted by atomic mass is 79.9. The van der Waals surface area contributed by atoms with Crippen LogP contribution in [-0.2, 0) is 4.79 Å². The molecular weight excluding hydrogens is 452 g/mol. The number of rotatable bonds is 5. The zero-order valence-electron chi connectivity index (χ0n) is 14.7. The van der Waals surface area contributed by atoms with Crippen LogP contribution in [0.2, 0.25) is 0 Å². The van der Waals surface area contributed by atoms with Crippen molar-refractivity contribution in [2.75, 3.05) is 18.0 Å². The first-order chi connectivity index (χ1) is 13.4. The molecule has 1 N–H and O–H groups in total. The first-order valence-electron chi connectivity index (χ1n) is 8.79. The molecule has 1 aromatic carbocycles. The van der Waals surface area contributed by atoms with E-state index in [4.69, 9.17) is 5.11 Å². The van der Waals surface area contributed by atoms with Gasteiger partial charge in [-0.05, 0) is 58.3 Å². The number of carbonyl (C=O) groups is 1. The van der Waals surface area contributed by atoms with E-state index in [0.29, 0.717) is 24.3 Å². The summed E-state index contributed by atoms with van der Waals surface area (Å²) in [4.78, 5) is 21.9. The van der Waals surface area contributed by atoms with Crippen molar-refractivity contribution in [2.24, 2.45) is 5.92 Å². The maximum Gasteiger partial charge on any atom is 0.303 e. The molecule has 1 atom stereocenters. The smallest absolute Gasteiger partial charge is 0.303 e. The van der Waals surface area contributed by atoms with Gasteiger partial charge in [-0.3, -0.25) is 4.79 Å². The number of aromatic nitrogens is 2. The fraction of sp³-hybridized carbons (Fsp3) is 0.316. The molecule has 3 heterocycles. The number of halogens is 3. The first kappa shape index (κ1) is 19.2. The lowest BCUT2D eigenvalue weighted by Gasteiger charge is -2.19. The molecule has 146 valence electrons. The number of hydrogen-bond donors (Lipinski definition) is 1. The molecule has 0 radical (unpaired) electrons. The van der Waals surface area contributed by atoms with E-state index in [1.807, 2.05) is 11.4 Å². The highest BCUT2D eigenvalue weighted by Crippen LogP contribution is 2.36. The van der Waals surface area contributed by atoms with E-state index in [1.54, 1.807) is 0 Å². The van der Waals surface area contributed by atoms with E-state index in [2.05, 4.69) is 30.8 Å². The largest absolute Gasteiger partial charge is 0.481 e. The van der Waals surface area contributed by atoms with Gasteiger partial charge in [-0.15, -0.1) is 11.3 Å². The third-order valence-corrected chi connectivity index (χ3v) is 6.40. The molecular formula is C19H16BrF2N3O2S. The maximum absolute atomic E-state index is 14.4. The topological polar surface area (TPSA) is 66.3 Å². The standard InChI is InChI=1S/C19H16BrF2N3O2S/c20-12-8-13(21)11(7-14(12)22)18-23-15-4-6-28-17(15)19(24-18)25-5-3-10(9-25)1-2-16(26)27/h4,6-8,10H,1-3,5,9H2,(H,26,27). The number of carboxylic acid groups (broad SMARTS) is 1. The number of thiophene rings is 1. The summed E-state index contributed by atoms with van der Waals surface area (Å²) in [5.41, 5.74) is 0.693. The second-order valence-electron chi connectivity index (χ2n) is 6.79. The van der Waals surface area contributed by atoms with E-state index in [9.17, 15) is 13.6 Å². The quantitative estimate of drug-likeness (QED) is 0.529. The van der Waals surface area contributed by atoms with Gasteiger partial charge in [-0.2, -0.15) is 0 Å². The normalized spacial score (nSPS) is 16.8. The van der Waals surface area contributed by atoms with E-state index in [1.165, 1.54) is 11.3 Å². The lowest BCUT2D eigenvalue weighted by molar-refractivity contribution is -0.137. The Bertz CT molecular complexity index is 1060. The highest BCUT2D eigenvalue weighted by molar-refractivity contribution is 9.10. The highest BCUT2D eigenvalue weighted by Gasteiger charge is 2.27. The Hall–Kier alpha value is -2.13. The zero-order chi connectivity index (χ0) is 19.8. The molecule has 3 aromatic rings. The van der Waals surface area contributed by atoms with Gasteiger partial charge in [0.2, 0.25) is 0 Å². The molecule has 0 spiro atoms. The third kappa shape index (κ3) is 3.73. The van der Waals surface area contributed by atoms with Crippen molar-refractivity contribution in [1.29, 1.82) is 0 Å². The van der Waals surface area contributed by atoms with Crippen molar-refractivity contribution in [3.05, 3.63) is 39.7 Å². The van der Waals surface area contributed by atoms with Crippen LogP contribution in [-0.4, -0.2) is 34.1 Å². The Kier molecular flexibility index (Phi) is 5.29. The number of aliphatic carboxylic acids is 1. The van der Waals surface area contributed by atoms with Crippen molar-refractivity contribution < 1.29 is 18.7 Å². The van der Waals surface area contributed by atoms with Crippen LogP contribution in [0, 0.1) is 17.6 Å². The zero-order valence-corrected chi connectivity index (χ0v) is 17.1. The Labute approximate surface area is 172 Å². The van der Waals surface area contributed by atoms with Gasteiger partial charge in [0.05, 0.1) is 20.3 Å². The monoisotopic (exact) mass is 467 g/mol. The number of carboxylic acids is 1. The Morgan fingerprint density at radius 1 is 1.32 bits per heavy atom. The Balaban J connectivity index is 1.71. The van der Waals surface area contributed by atoms with Gasteiger partial charge in [0.25, 0.3) is 0 Å². The number of nitrogens with zero attached hydrogens (tertiary/aromatic N) is 3. The fourth-order valence-corrected chi connectivity index (χ4v) is 4.63. The molecule has 28 heavy (non-hydrogen) atoms. The van der Waals surface area contributed by atoms with Gasteiger partial charge in [-0.1, -0.05) is 0 Å². The molecule has 1 aliphatic heterocycles. The molecule has 1 unspecified atom stereocenters. The van der Waals surface area contributed by atoms with Crippen LogP contribution in [0.5, 0.6) is 0 Å². The van der Waals surface area contributed by atoms with Crippen LogP contribution in [0.25, 0.3) is 21.6 Å². The van der Waals surface area contributed by atoms with E-state index < -0.39 is 17.6 Å². The third-order valence-electron chi connectivity index (χ3n) is 4.89. The average molecular weight is 468 g/mol. The lowest BCUT2D eigenvalue weighted by atomic mass is 10.0. The number of fused-ring (bicyclic) bond motifs is 1. The van der Waals surface area contributed by atoms with Crippen molar-refractivity contribution in [3.8, 4) is 11.4 Å². The molecule has 4 rings (SSSR count). The second kappa shape index (κ2) is 7.71. The number of hydrogen-bond acceptors (Lipinski definition) is 5. The summed E-state index contributed by atoms with van der Waals surface area (Å²) in [6.07, 6.45) is 1.63. The van der Waals surface area contributed by atoms with E-state index >= 15 is 0 Å². The minimum absolute atomic E-state index is 0.0108. The minimum Gasteiger partial charge on any atom is -0.481 e. The van der Waals surface area contributed by atoms with Crippen LogP contribution in [0.15, 0.2) is 28.1 Å². The summed E-state index contributed by atoms with van der Waals surface area (Å²) in [5.74, 6) is -0.881. The SMILES string of the molecule is O=C(O)CCC1CCN(c2nc(-c3cc(F)c(Br)cc3F)nc3ccsc23)C1. The summed E-state index contributed by atoms with van der Waals surface area (Å²) in [6, 6.07) is 4.00. The van der Waals surface area contributed by atoms with Crippen molar-refractivity contribution in [3.63, 3.8) is 0 Å². The number of anilines is 1. The maximum atomic E-state index is 14.4. The molecule has 1 aliphatic rings. The van der Waals surface area contributed by atoms with Crippen LogP contribution in [0.3, 0.4) is 0 Å². The van der Waals surface area contributed by atoms with Crippen molar-refractivity contribution in [2.45, 2.75) is 19.3 Å². The predicted molar refractivity (Wildman–Crippen MR) is 108 cm³/mol. The van der Waals surface area contributed by atoms with Gasteiger partial charge in [0.1, 0.15) is 11.6 Å². The molecule has 1 saturated heterocycles. The predicted octanol–water partition coefficient (Wildman–Crippen LogP) is 5.09. The van der Waals surface area contributed by atoms with Gasteiger partial charge >= 0.3 is 5.97 Å². The average Bonchev–Trinajstić information content (AvgIpc) is 3.31. The molecule has 0 amide bonds. The van der Waals surface area contributed by atoms with E-state index in [-0.39, 0.29) is 28.2 Å². The molecule has 0 saturated carbocycles. The van der Waals surface area contributed by atoms with Crippen LogP contribution < -0.4 is 4.90 Å². The Morgan fingerprint density at radius 2 is 2.14 bits per heavy atom. The molecule has 9 heteroatoms. The van der Waals surface area contributed by atoms with E-state index in [0.717, 1.165) is 29.8 Å². The summed E-state index contributed by atoms with van der Waals surface area (Å²) in [6.45, 7) is 1.43. The van der Waals surface area contributed by atoms with Crippen LogP contribution >= 0.6 is 27.3 Å². The van der Waals surface area contributed by atoms with Crippen LogP contribution in [0.4, 0.5) is 14.6 Å². The fourth-order valence-electron chi connectivity index (χ4n) is 3.46. The summed E-state index contributed by atoms with van der Waals surface area (Å²) >= 11 is 4.48. The lowest BCUT2D eigenvalue weighted by Crippen LogP contribution is -2.21. The minimum atomic E-state index is -0.795. The molecule has 5 nitrogen and oxygen atoms in total. The molecule has 2 aromatic heterocycles. The van der Waals surface area contributed by atoms with Gasteiger partial charge in [0.15, 0.2) is 11.6 Å². The van der Waals surface area contributed by atoms with Gasteiger partial charge in [-0.25, -0.2) is 18.7 Å². The second-order valence-corrected chi connectivity index (χ2v) is 8.56. The van der Waals surface area contributed by atoms with Gasteiger partial charge in [0, 0.05) is 19.5 Å². The molecule has 0 aliphatic carbocycles.